The van der Waals surface area contributed by atoms with Crippen molar-refractivity contribution in [1.29, 1.82) is 0 Å². The average Bonchev–Trinajstić information content (AvgIpc) is 2.89. The van der Waals surface area contributed by atoms with Crippen molar-refractivity contribution in [2.75, 3.05) is 6.54 Å². The number of hydrogen-bond acceptors (Lipinski definition) is 5. The average molecular weight is 289 g/mol. The molecule has 0 saturated carbocycles. The fraction of sp³-hybridized carbons (Fsp3) is 0.533. The highest BCUT2D eigenvalue weighted by molar-refractivity contribution is 5.21. The predicted molar refractivity (Wildman–Crippen MR) is 81.4 cm³/mol. The molecule has 2 aromatic rings. The number of hydrogen-bond donors (Lipinski definition) is 1. The predicted octanol–water partition coefficient (Wildman–Crippen LogP) is 2.68. The minimum atomic E-state index is 0.364. The lowest BCUT2D eigenvalue weighted by Gasteiger charge is -2.07. The molecule has 6 nitrogen and oxygen atoms in total. The summed E-state index contributed by atoms with van der Waals surface area (Å²) in [4.78, 5) is 8.65. The number of aryl methyl sites for hydroxylation is 2. The van der Waals surface area contributed by atoms with Gasteiger partial charge in [0.15, 0.2) is 5.75 Å². The molecule has 6 heteroatoms. The Balaban J connectivity index is 1.98. The maximum absolute atomic E-state index is 5.64. The molecule has 0 saturated heterocycles. The van der Waals surface area contributed by atoms with Crippen molar-refractivity contribution >= 4 is 0 Å². The molecule has 0 aliphatic rings. The van der Waals surface area contributed by atoms with Gasteiger partial charge in [-0.2, -0.15) is 10.1 Å². The summed E-state index contributed by atoms with van der Waals surface area (Å²) in [5.74, 6) is 0.666. The van der Waals surface area contributed by atoms with Crippen molar-refractivity contribution < 1.29 is 4.74 Å². The van der Waals surface area contributed by atoms with Crippen molar-refractivity contribution in [2.45, 2.75) is 46.7 Å². The molecule has 114 valence electrons. The maximum atomic E-state index is 5.64. The smallest absolute Gasteiger partial charge is 0.322 e. The molecule has 0 unspecified atom stereocenters. The minimum absolute atomic E-state index is 0.364. The molecule has 0 aromatic carbocycles. The lowest BCUT2D eigenvalue weighted by Crippen LogP contribution is -2.15. The van der Waals surface area contributed by atoms with Crippen molar-refractivity contribution in [3.05, 3.63) is 29.8 Å². The summed E-state index contributed by atoms with van der Waals surface area (Å²) in [6.07, 6.45) is 7.51. The van der Waals surface area contributed by atoms with E-state index in [1.165, 1.54) is 0 Å². The molecule has 0 aliphatic carbocycles. The van der Waals surface area contributed by atoms with Gasteiger partial charge in [-0.05, 0) is 26.3 Å². The first-order valence-electron chi connectivity index (χ1n) is 7.46. The van der Waals surface area contributed by atoms with E-state index in [2.05, 4.69) is 34.2 Å². The van der Waals surface area contributed by atoms with Gasteiger partial charge in [-0.15, -0.1) is 0 Å². The van der Waals surface area contributed by atoms with Gasteiger partial charge in [0.2, 0.25) is 0 Å². The van der Waals surface area contributed by atoms with Gasteiger partial charge < -0.3 is 10.1 Å². The van der Waals surface area contributed by atoms with E-state index in [1.807, 2.05) is 24.0 Å². The Hall–Kier alpha value is -1.95. The van der Waals surface area contributed by atoms with Gasteiger partial charge in [-0.25, -0.2) is 4.98 Å². The van der Waals surface area contributed by atoms with Gasteiger partial charge in [0.05, 0.1) is 12.4 Å². The van der Waals surface area contributed by atoms with Gasteiger partial charge in [-0.1, -0.05) is 13.8 Å². The molecular weight excluding hydrogens is 266 g/mol. The third-order valence-corrected chi connectivity index (χ3v) is 3.07. The summed E-state index contributed by atoms with van der Waals surface area (Å²) in [5, 5.41) is 7.56. The zero-order chi connectivity index (χ0) is 15.1. The fourth-order valence-corrected chi connectivity index (χ4v) is 1.95. The van der Waals surface area contributed by atoms with Crippen molar-refractivity contribution in [3.63, 3.8) is 0 Å². The van der Waals surface area contributed by atoms with Crippen LogP contribution in [0.25, 0.3) is 0 Å². The maximum Gasteiger partial charge on any atom is 0.322 e. The first-order chi connectivity index (χ1) is 10.2. The second-order valence-corrected chi connectivity index (χ2v) is 4.98. The van der Waals surface area contributed by atoms with Crippen LogP contribution in [0.5, 0.6) is 11.8 Å². The van der Waals surface area contributed by atoms with E-state index in [0.29, 0.717) is 11.8 Å². The van der Waals surface area contributed by atoms with Crippen molar-refractivity contribution in [2.24, 2.45) is 0 Å². The van der Waals surface area contributed by atoms with Crippen LogP contribution in [0.3, 0.4) is 0 Å². The summed E-state index contributed by atoms with van der Waals surface area (Å²) in [7, 11) is 0. The highest BCUT2D eigenvalue weighted by atomic mass is 16.5. The van der Waals surface area contributed by atoms with E-state index in [1.54, 1.807) is 6.20 Å². The number of ether oxygens (including phenoxy) is 1. The number of aromatic nitrogens is 4. The monoisotopic (exact) mass is 289 g/mol. The molecular formula is C15H23N5O. The Morgan fingerprint density at radius 2 is 2.10 bits per heavy atom. The second-order valence-electron chi connectivity index (χ2n) is 4.98. The molecule has 0 amide bonds. The quantitative estimate of drug-likeness (QED) is 0.757. The van der Waals surface area contributed by atoms with Crippen LogP contribution in [0.15, 0.2) is 18.6 Å². The van der Waals surface area contributed by atoms with Gasteiger partial charge in [0.1, 0.15) is 0 Å². The van der Waals surface area contributed by atoms with Crippen LogP contribution < -0.4 is 10.1 Å². The van der Waals surface area contributed by atoms with Crippen LogP contribution >= 0.6 is 0 Å². The molecule has 2 rings (SSSR count). The Kier molecular flexibility index (Phi) is 5.68. The molecule has 0 atom stereocenters. The third kappa shape index (κ3) is 4.53. The Morgan fingerprint density at radius 3 is 2.81 bits per heavy atom. The molecule has 0 fully saturated rings. The first kappa shape index (κ1) is 15.4. The van der Waals surface area contributed by atoms with E-state index < -0.39 is 0 Å². The van der Waals surface area contributed by atoms with E-state index in [-0.39, 0.29) is 0 Å². The van der Waals surface area contributed by atoms with Crippen molar-refractivity contribution in [1.82, 2.24) is 25.1 Å². The summed E-state index contributed by atoms with van der Waals surface area (Å²) >= 11 is 0. The lowest BCUT2D eigenvalue weighted by molar-refractivity contribution is 0.437. The summed E-state index contributed by atoms with van der Waals surface area (Å²) in [5.41, 5.74) is 2.03. The van der Waals surface area contributed by atoms with E-state index >= 15 is 0 Å². The third-order valence-electron chi connectivity index (χ3n) is 3.07. The highest BCUT2D eigenvalue weighted by Crippen LogP contribution is 2.17. The van der Waals surface area contributed by atoms with Crippen molar-refractivity contribution in [3.8, 4) is 11.8 Å². The highest BCUT2D eigenvalue weighted by Gasteiger charge is 2.07. The zero-order valence-corrected chi connectivity index (χ0v) is 13.0. The van der Waals surface area contributed by atoms with E-state index in [9.17, 15) is 0 Å². The molecule has 0 radical (unpaired) electrons. The van der Waals surface area contributed by atoms with Gasteiger partial charge in [0, 0.05) is 30.5 Å². The molecule has 1 N–H and O–H groups in total. The van der Waals surface area contributed by atoms with Crippen LogP contribution in [0, 0.1) is 6.92 Å². The number of nitrogens with zero attached hydrogens (tertiary/aromatic N) is 4. The molecule has 2 heterocycles. The second kappa shape index (κ2) is 7.73. The van der Waals surface area contributed by atoms with Gasteiger partial charge in [0.25, 0.3) is 0 Å². The summed E-state index contributed by atoms with van der Waals surface area (Å²) in [6, 6.07) is 0.364. The van der Waals surface area contributed by atoms with Gasteiger partial charge >= 0.3 is 6.01 Å². The topological polar surface area (TPSA) is 64.9 Å². The van der Waals surface area contributed by atoms with E-state index in [4.69, 9.17) is 4.74 Å². The van der Waals surface area contributed by atoms with E-state index in [0.717, 1.165) is 43.7 Å². The SMILES string of the molecule is CCCNCc1cnc(Oc2cnn(CCC)c2)nc1C. The molecule has 21 heavy (non-hydrogen) atoms. The van der Waals surface area contributed by atoms with Crippen LogP contribution in [-0.4, -0.2) is 26.3 Å². The Bertz CT molecular complexity index is 567. The Morgan fingerprint density at radius 1 is 1.24 bits per heavy atom. The first-order valence-corrected chi connectivity index (χ1v) is 7.46. The number of nitrogens with one attached hydrogen (secondary N) is 1. The normalized spacial score (nSPS) is 10.8. The van der Waals surface area contributed by atoms with Crippen LogP contribution in [-0.2, 0) is 13.1 Å². The molecule has 0 aliphatic heterocycles. The lowest BCUT2D eigenvalue weighted by atomic mass is 10.2. The van der Waals surface area contributed by atoms with Gasteiger partial charge in [-0.3, -0.25) is 4.68 Å². The largest absolute Gasteiger partial charge is 0.421 e. The van der Waals surface area contributed by atoms with Crippen LogP contribution in [0.2, 0.25) is 0 Å². The molecule has 2 aromatic heterocycles. The molecule has 0 spiro atoms. The summed E-state index contributed by atoms with van der Waals surface area (Å²) < 4.78 is 7.49. The molecule has 0 bridgehead atoms. The van der Waals surface area contributed by atoms with Crippen LogP contribution in [0.4, 0.5) is 0 Å². The standard InChI is InChI=1S/C15H23N5O/c1-4-6-16-8-13-9-17-15(19-12(13)3)21-14-10-18-20(11-14)7-5-2/h9-11,16H,4-8H2,1-3H3. The number of rotatable bonds is 8. The Labute approximate surface area is 125 Å². The zero-order valence-electron chi connectivity index (χ0n) is 13.0. The fourth-order valence-electron chi connectivity index (χ4n) is 1.95. The van der Waals surface area contributed by atoms with Crippen LogP contribution in [0.1, 0.15) is 37.9 Å². The summed E-state index contributed by atoms with van der Waals surface area (Å²) in [6.45, 7) is 8.89. The minimum Gasteiger partial charge on any atom is -0.421 e.